The van der Waals surface area contributed by atoms with Gasteiger partial charge >= 0.3 is 0 Å². The number of aromatic nitrogens is 1. The maximum Gasteiger partial charge on any atom is 0.0941 e. The third-order valence-corrected chi connectivity index (χ3v) is 3.31. The van der Waals surface area contributed by atoms with Gasteiger partial charge in [0.1, 0.15) is 0 Å². The zero-order valence-corrected chi connectivity index (χ0v) is 11.3. The van der Waals surface area contributed by atoms with Gasteiger partial charge in [-0.05, 0) is 18.9 Å². The molecule has 0 saturated heterocycles. The summed E-state index contributed by atoms with van der Waals surface area (Å²) in [6.45, 7) is 7.23. The Morgan fingerprint density at radius 1 is 1.44 bits per heavy atom. The van der Waals surface area contributed by atoms with Crippen LogP contribution in [0.2, 0.25) is 0 Å². The van der Waals surface area contributed by atoms with E-state index in [0.717, 1.165) is 32.5 Å². The van der Waals surface area contributed by atoms with Gasteiger partial charge in [0.15, 0.2) is 0 Å². The molecule has 3 nitrogen and oxygen atoms in total. The molecule has 1 rings (SSSR count). The van der Waals surface area contributed by atoms with Gasteiger partial charge in [-0.15, -0.1) is 11.3 Å². The molecular weight excluding hydrogens is 220 g/mol. The highest BCUT2D eigenvalue weighted by Gasteiger charge is 2.04. The lowest BCUT2D eigenvalue weighted by molar-refractivity contribution is 0.194. The van der Waals surface area contributed by atoms with E-state index in [1.54, 1.807) is 18.4 Å². The first-order valence-corrected chi connectivity index (χ1v) is 6.76. The standard InChI is InChI=1S/C12H22N2OS/c1-10(2)11-9-16-12(14-11)5-7-13-6-4-8-15-3/h9-10,13H,4-8H2,1-3H3. The summed E-state index contributed by atoms with van der Waals surface area (Å²) in [6, 6.07) is 0. The lowest BCUT2D eigenvalue weighted by atomic mass is 10.2. The van der Waals surface area contributed by atoms with Gasteiger partial charge in [-0.3, -0.25) is 0 Å². The van der Waals surface area contributed by atoms with Crippen LogP contribution in [0.5, 0.6) is 0 Å². The average Bonchev–Trinajstić information content (AvgIpc) is 2.72. The summed E-state index contributed by atoms with van der Waals surface area (Å²) >= 11 is 1.77. The number of nitrogens with zero attached hydrogens (tertiary/aromatic N) is 1. The summed E-state index contributed by atoms with van der Waals surface area (Å²) in [6.07, 6.45) is 2.11. The van der Waals surface area contributed by atoms with Crippen LogP contribution in [0, 0.1) is 0 Å². The van der Waals surface area contributed by atoms with Crippen molar-refractivity contribution in [2.24, 2.45) is 0 Å². The van der Waals surface area contributed by atoms with Crippen molar-refractivity contribution in [2.75, 3.05) is 26.8 Å². The molecule has 16 heavy (non-hydrogen) atoms. The normalized spacial score (nSPS) is 11.2. The van der Waals surface area contributed by atoms with Gasteiger partial charge in [-0.1, -0.05) is 13.8 Å². The quantitative estimate of drug-likeness (QED) is 0.711. The molecule has 92 valence electrons. The Labute approximate surface area is 102 Å². The number of ether oxygens (including phenoxy) is 1. The summed E-state index contributed by atoms with van der Waals surface area (Å²) in [5, 5.41) is 6.80. The van der Waals surface area contributed by atoms with Crippen molar-refractivity contribution in [2.45, 2.75) is 32.6 Å². The molecule has 0 atom stereocenters. The number of thiazole rings is 1. The monoisotopic (exact) mass is 242 g/mol. The van der Waals surface area contributed by atoms with Crippen molar-refractivity contribution in [3.63, 3.8) is 0 Å². The molecule has 0 fully saturated rings. The molecule has 0 aliphatic rings. The number of methoxy groups -OCH3 is 1. The Kier molecular flexibility index (Phi) is 6.61. The molecule has 1 heterocycles. The summed E-state index contributed by atoms with van der Waals surface area (Å²) < 4.78 is 4.99. The van der Waals surface area contributed by atoms with Crippen LogP contribution in [0.15, 0.2) is 5.38 Å². The molecule has 0 spiro atoms. The Hall–Kier alpha value is -0.450. The Balaban J connectivity index is 2.12. The third kappa shape index (κ3) is 5.05. The lowest BCUT2D eigenvalue weighted by Crippen LogP contribution is -2.19. The average molecular weight is 242 g/mol. The highest BCUT2D eigenvalue weighted by Crippen LogP contribution is 2.17. The van der Waals surface area contributed by atoms with E-state index >= 15 is 0 Å². The molecule has 0 aromatic carbocycles. The number of hydrogen-bond acceptors (Lipinski definition) is 4. The number of hydrogen-bond donors (Lipinski definition) is 1. The maximum absolute atomic E-state index is 4.99. The molecule has 0 saturated carbocycles. The van der Waals surface area contributed by atoms with Gasteiger partial charge in [0.25, 0.3) is 0 Å². The van der Waals surface area contributed by atoms with Gasteiger partial charge in [0.05, 0.1) is 10.7 Å². The van der Waals surface area contributed by atoms with Crippen LogP contribution in [0.3, 0.4) is 0 Å². The van der Waals surface area contributed by atoms with Crippen molar-refractivity contribution in [1.82, 2.24) is 10.3 Å². The van der Waals surface area contributed by atoms with Gasteiger partial charge in [0.2, 0.25) is 0 Å². The third-order valence-electron chi connectivity index (χ3n) is 2.38. The molecule has 0 aliphatic heterocycles. The minimum atomic E-state index is 0.541. The molecule has 0 amide bonds. The van der Waals surface area contributed by atoms with Crippen molar-refractivity contribution in [3.8, 4) is 0 Å². The largest absolute Gasteiger partial charge is 0.385 e. The van der Waals surface area contributed by atoms with E-state index in [0.29, 0.717) is 5.92 Å². The van der Waals surface area contributed by atoms with E-state index in [4.69, 9.17) is 4.74 Å². The van der Waals surface area contributed by atoms with E-state index in [2.05, 4.69) is 29.5 Å². The van der Waals surface area contributed by atoms with Gasteiger partial charge in [-0.2, -0.15) is 0 Å². The predicted molar refractivity (Wildman–Crippen MR) is 69.3 cm³/mol. The summed E-state index contributed by atoms with van der Waals surface area (Å²) in [4.78, 5) is 4.60. The zero-order chi connectivity index (χ0) is 11.8. The van der Waals surface area contributed by atoms with Crippen LogP contribution >= 0.6 is 11.3 Å². The lowest BCUT2D eigenvalue weighted by Gasteiger charge is -2.02. The molecule has 0 aliphatic carbocycles. The van der Waals surface area contributed by atoms with E-state index < -0.39 is 0 Å². The first-order valence-electron chi connectivity index (χ1n) is 5.88. The van der Waals surface area contributed by atoms with Crippen molar-refractivity contribution in [1.29, 1.82) is 0 Å². The second kappa shape index (κ2) is 7.76. The second-order valence-electron chi connectivity index (χ2n) is 4.17. The smallest absolute Gasteiger partial charge is 0.0941 e. The van der Waals surface area contributed by atoms with Gasteiger partial charge < -0.3 is 10.1 Å². The van der Waals surface area contributed by atoms with Crippen LogP contribution in [0.1, 0.15) is 36.9 Å². The highest BCUT2D eigenvalue weighted by atomic mass is 32.1. The summed E-state index contributed by atoms with van der Waals surface area (Å²) in [5.74, 6) is 0.541. The Morgan fingerprint density at radius 2 is 2.25 bits per heavy atom. The minimum Gasteiger partial charge on any atom is -0.385 e. The van der Waals surface area contributed by atoms with E-state index in [9.17, 15) is 0 Å². The maximum atomic E-state index is 4.99. The summed E-state index contributed by atoms with van der Waals surface area (Å²) in [5.41, 5.74) is 1.22. The molecule has 0 bridgehead atoms. The molecule has 1 aromatic rings. The Bertz CT molecular complexity index is 286. The van der Waals surface area contributed by atoms with Crippen molar-refractivity contribution < 1.29 is 4.74 Å². The number of rotatable bonds is 8. The van der Waals surface area contributed by atoms with Crippen LogP contribution in [0.4, 0.5) is 0 Å². The second-order valence-corrected chi connectivity index (χ2v) is 5.11. The molecule has 0 unspecified atom stereocenters. The first kappa shape index (κ1) is 13.6. The molecule has 1 aromatic heterocycles. The fourth-order valence-electron chi connectivity index (χ4n) is 1.37. The fourth-order valence-corrected chi connectivity index (χ4v) is 2.33. The highest BCUT2D eigenvalue weighted by molar-refractivity contribution is 7.09. The number of nitrogens with one attached hydrogen (secondary N) is 1. The van der Waals surface area contributed by atoms with Crippen LogP contribution in [0.25, 0.3) is 0 Å². The van der Waals surface area contributed by atoms with Crippen molar-refractivity contribution >= 4 is 11.3 Å². The molecule has 0 radical (unpaired) electrons. The molecular formula is C12H22N2OS. The van der Waals surface area contributed by atoms with Crippen LogP contribution in [-0.2, 0) is 11.2 Å². The predicted octanol–water partition coefficient (Wildman–Crippen LogP) is 2.44. The van der Waals surface area contributed by atoms with E-state index in [1.165, 1.54) is 10.7 Å². The topological polar surface area (TPSA) is 34.1 Å². The minimum absolute atomic E-state index is 0.541. The fraction of sp³-hybridized carbons (Fsp3) is 0.750. The Morgan fingerprint density at radius 3 is 2.88 bits per heavy atom. The van der Waals surface area contributed by atoms with Crippen molar-refractivity contribution in [3.05, 3.63) is 16.1 Å². The van der Waals surface area contributed by atoms with Gasteiger partial charge in [0, 0.05) is 32.1 Å². The molecule has 1 N–H and O–H groups in total. The molecule has 4 heteroatoms. The van der Waals surface area contributed by atoms with Gasteiger partial charge in [-0.25, -0.2) is 4.98 Å². The van der Waals surface area contributed by atoms with E-state index in [-0.39, 0.29) is 0 Å². The van der Waals surface area contributed by atoms with E-state index in [1.807, 2.05) is 0 Å². The summed E-state index contributed by atoms with van der Waals surface area (Å²) in [7, 11) is 1.74. The first-order chi connectivity index (χ1) is 7.74. The zero-order valence-electron chi connectivity index (χ0n) is 10.5. The van der Waals surface area contributed by atoms with Crippen LogP contribution < -0.4 is 5.32 Å². The van der Waals surface area contributed by atoms with Crippen LogP contribution in [-0.4, -0.2) is 31.8 Å². The SMILES string of the molecule is COCCCNCCc1nc(C(C)C)cs1.